The molecule has 0 spiro atoms. The van der Waals surface area contributed by atoms with Crippen LogP contribution in [-0.2, 0) is 0 Å². The summed E-state index contributed by atoms with van der Waals surface area (Å²) < 4.78 is 0. The number of hydrogen-bond acceptors (Lipinski definition) is 2. The standard InChI is InChI=1S/C14H20N2O/c1-15-14(17)11-6-5-9-13(10-11)16(2)12-7-3-4-8-12/h5-6,9-10,12H,3-4,7-8H2,1-2H3,(H,15,17). The lowest BCUT2D eigenvalue weighted by atomic mass is 10.1. The van der Waals surface area contributed by atoms with E-state index in [1.165, 1.54) is 25.7 Å². The first kappa shape index (κ1) is 12.0. The molecule has 17 heavy (non-hydrogen) atoms. The van der Waals surface area contributed by atoms with Crippen LogP contribution in [0, 0.1) is 0 Å². The number of amides is 1. The summed E-state index contributed by atoms with van der Waals surface area (Å²) in [4.78, 5) is 13.9. The first-order valence-electron chi connectivity index (χ1n) is 6.27. The number of benzene rings is 1. The molecule has 3 nitrogen and oxygen atoms in total. The molecule has 1 aliphatic carbocycles. The van der Waals surface area contributed by atoms with Crippen molar-refractivity contribution in [2.24, 2.45) is 0 Å². The van der Waals surface area contributed by atoms with Crippen LogP contribution in [0.1, 0.15) is 36.0 Å². The van der Waals surface area contributed by atoms with E-state index >= 15 is 0 Å². The summed E-state index contributed by atoms with van der Waals surface area (Å²) >= 11 is 0. The second kappa shape index (κ2) is 5.21. The van der Waals surface area contributed by atoms with Crippen molar-refractivity contribution in [2.75, 3.05) is 19.0 Å². The molecule has 1 N–H and O–H groups in total. The summed E-state index contributed by atoms with van der Waals surface area (Å²) in [6.45, 7) is 0. The second-order valence-corrected chi connectivity index (χ2v) is 4.68. The lowest BCUT2D eigenvalue weighted by Gasteiger charge is -2.26. The van der Waals surface area contributed by atoms with E-state index < -0.39 is 0 Å². The molecule has 0 aliphatic heterocycles. The van der Waals surface area contributed by atoms with Gasteiger partial charge >= 0.3 is 0 Å². The maximum Gasteiger partial charge on any atom is 0.251 e. The van der Waals surface area contributed by atoms with Crippen molar-refractivity contribution in [2.45, 2.75) is 31.7 Å². The van der Waals surface area contributed by atoms with E-state index in [4.69, 9.17) is 0 Å². The Balaban J connectivity index is 2.17. The third-order valence-corrected chi connectivity index (χ3v) is 3.62. The van der Waals surface area contributed by atoms with Crippen LogP contribution in [-0.4, -0.2) is 26.0 Å². The van der Waals surface area contributed by atoms with Crippen molar-refractivity contribution in [3.05, 3.63) is 29.8 Å². The van der Waals surface area contributed by atoms with E-state index in [2.05, 4.69) is 23.3 Å². The highest BCUT2D eigenvalue weighted by atomic mass is 16.1. The van der Waals surface area contributed by atoms with Crippen molar-refractivity contribution >= 4 is 11.6 Å². The Bertz CT molecular complexity index is 397. The van der Waals surface area contributed by atoms with Gasteiger partial charge in [-0.3, -0.25) is 4.79 Å². The molecule has 1 aromatic carbocycles. The molecule has 0 aromatic heterocycles. The highest BCUT2D eigenvalue weighted by molar-refractivity contribution is 5.94. The van der Waals surface area contributed by atoms with Gasteiger partial charge in [-0.2, -0.15) is 0 Å². The van der Waals surface area contributed by atoms with Crippen LogP contribution >= 0.6 is 0 Å². The molecule has 0 radical (unpaired) electrons. The van der Waals surface area contributed by atoms with Gasteiger partial charge in [-0.15, -0.1) is 0 Å². The monoisotopic (exact) mass is 232 g/mol. The molecule has 0 unspecified atom stereocenters. The largest absolute Gasteiger partial charge is 0.372 e. The van der Waals surface area contributed by atoms with Crippen LogP contribution < -0.4 is 10.2 Å². The Morgan fingerprint density at radius 3 is 2.71 bits per heavy atom. The molecule has 0 bridgehead atoms. The Kier molecular flexibility index (Phi) is 3.67. The molecular weight excluding hydrogens is 212 g/mol. The van der Waals surface area contributed by atoms with Crippen LogP contribution in [0.3, 0.4) is 0 Å². The van der Waals surface area contributed by atoms with E-state index in [1.54, 1.807) is 7.05 Å². The second-order valence-electron chi connectivity index (χ2n) is 4.68. The zero-order chi connectivity index (χ0) is 12.3. The topological polar surface area (TPSA) is 32.3 Å². The third-order valence-electron chi connectivity index (χ3n) is 3.62. The first-order chi connectivity index (χ1) is 8.22. The Morgan fingerprint density at radius 2 is 2.06 bits per heavy atom. The fraction of sp³-hybridized carbons (Fsp3) is 0.500. The van der Waals surface area contributed by atoms with Crippen molar-refractivity contribution in [3.8, 4) is 0 Å². The van der Waals surface area contributed by atoms with E-state index in [0.717, 1.165) is 11.3 Å². The quantitative estimate of drug-likeness (QED) is 0.868. The average molecular weight is 232 g/mol. The minimum atomic E-state index is -0.0216. The Hall–Kier alpha value is -1.51. The van der Waals surface area contributed by atoms with Crippen LogP contribution in [0.15, 0.2) is 24.3 Å². The van der Waals surface area contributed by atoms with E-state index in [-0.39, 0.29) is 5.91 Å². The van der Waals surface area contributed by atoms with Crippen molar-refractivity contribution in [1.29, 1.82) is 0 Å². The summed E-state index contributed by atoms with van der Waals surface area (Å²) in [5, 5.41) is 2.66. The van der Waals surface area contributed by atoms with Crippen molar-refractivity contribution < 1.29 is 4.79 Å². The zero-order valence-corrected chi connectivity index (χ0v) is 10.6. The summed E-state index contributed by atoms with van der Waals surface area (Å²) in [5.74, 6) is -0.0216. The molecule has 0 saturated heterocycles. The average Bonchev–Trinajstić information content (AvgIpc) is 2.91. The zero-order valence-electron chi connectivity index (χ0n) is 10.6. The lowest BCUT2D eigenvalue weighted by Crippen LogP contribution is -2.29. The third kappa shape index (κ3) is 2.60. The highest BCUT2D eigenvalue weighted by Crippen LogP contribution is 2.27. The number of nitrogens with zero attached hydrogens (tertiary/aromatic N) is 1. The molecule has 1 aliphatic rings. The SMILES string of the molecule is CNC(=O)c1cccc(N(C)C2CCCC2)c1. The summed E-state index contributed by atoms with van der Waals surface area (Å²) in [6.07, 6.45) is 5.18. The highest BCUT2D eigenvalue weighted by Gasteiger charge is 2.20. The summed E-state index contributed by atoms with van der Waals surface area (Å²) in [6, 6.07) is 8.48. The summed E-state index contributed by atoms with van der Waals surface area (Å²) in [5.41, 5.74) is 1.87. The van der Waals surface area contributed by atoms with Crippen molar-refractivity contribution in [3.63, 3.8) is 0 Å². The minimum Gasteiger partial charge on any atom is -0.372 e. The van der Waals surface area contributed by atoms with Gasteiger partial charge < -0.3 is 10.2 Å². The fourth-order valence-corrected chi connectivity index (χ4v) is 2.51. The minimum absolute atomic E-state index is 0.0216. The van der Waals surface area contributed by atoms with E-state index in [0.29, 0.717) is 6.04 Å². The molecule has 1 amide bonds. The van der Waals surface area contributed by atoms with E-state index in [1.807, 2.05) is 18.2 Å². The van der Waals surface area contributed by atoms with Gasteiger partial charge in [0.05, 0.1) is 0 Å². The Morgan fingerprint density at radius 1 is 1.35 bits per heavy atom. The molecular formula is C14H20N2O. The number of hydrogen-bond donors (Lipinski definition) is 1. The molecule has 1 aromatic rings. The smallest absolute Gasteiger partial charge is 0.251 e. The predicted molar refractivity (Wildman–Crippen MR) is 70.5 cm³/mol. The molecule has 0 heterocycles. The molecule has 1 fully saturated rings. The van der Waals surface area contributed by atoms with Crippen molar-refractivity contribution in [1.82, 2.24) is 5.32 Å². The fourth-order valence-electron chi connectivity index (χ4n) is 2.51. The van der Waals surface area contributed by atoms with Crippen LogP contribution in [0.25, 0.3) is 0 Å². The lowest BCUT2D eigenvalue weighted by molar-refractivity contribution is 0.0963. The number of nitrogens with one attached hydrogen (secondary N) is 1. The van der Waals surface area contributed by atoms with Gasteiger partial charge in [-0.1, -0.05) is 18.9 Å². The molecule has 92 valence electrons. The molecule has 3 heteroatoms. The van der Waals surface area contributed by atoms with Crippen LogP contribution in [0.5, 0.6) is 0 Å². The normalized spacial score (nSPS) is 15.9. The molecule has 0 atom stereocenters. The van der Waals surface area contributed by atoms with Gasteiger partial charge in [0, 0.05) is 31.4 Å². The number of anilines is 1. The van der Waals surface area contributed by atoms with Crippen LogP contribution in [0.2, 0.25) is 0 Å². The number of carbonyl (C=O) groups excluding carboxylic acids is 1. The van der Waals surface area contributed by atoms with Gasteiger partial charge in [0.1, 0.15) is 0 Å². The van der Waals surface area contributed by atoms with Gasteiger partial charge in [-0.05, 0) is 31.0 Å². The maximum atomic E-state index is 11.6. The molecule has 2 rings (SSSR count). The van der Waals surface area contributed by atoms with E-state index in [9.17, 15) is 4.79 Å². The number of rotatable bonds is 3. The van der Waals surface area contributed by atoms with Crippen LogP contribution in [0.4, 0.5) is 5.69 Å². The van der Waals surface area contributed by atoms with Gasteiger partial charge in [0.2, 0.25) is 0 Å². The molecule has 1 saturated carbocycles. The van der Waals surface area contributed by atoms with Gasteiger partial charge in [0.15, 0.2) is 0 Å². The Labute approximate surface area is 103 Å². The number of carbonyl (C=O) groups is 1. The first-order valence-corrected chi connectivity index (χ1v) is 6.27. The maximum absolute atomic E-state index is 11.6. The predicted octanol–water partition coefficient (Wildman–Crippen LogP) is 2.43. The van der Waals surface area contributed by atoms with Gasteiger partial charge in [0.25, 0.3) is 5.91 Å². The van der Waals surface area contributed by atoms with Gasteiger partial charge in [-0.25, -0.2) is 0 Å². The summed E-state index contributed by atoms with van der Waals surface area (Å²) in [7, 11) is 3.79.